The predicted molar refractivity (Wildman–Crippen MR) is 117 cm³/mol. The number of anilines is 1. The largest absolute Gasteiger partial charge is 0.494 e. The molecule has 1 saturated heterocycles. The Bertz CT molecular complexity index is 936. The number of hydrogen-bond donors (Lipinski definition) is 0. The van der Waals surface area contributed by atoms with Crippen molar-refractivity contribution in [3.63, 3.8) is 0 Å². The first-order valence-corrected chi connectivity index (χ1v) is 10.5. The second-order valence-electron chi connectivity index (χ2n) is 8.83. The van der Waals surface area contributed by atoms with Crippen LogP contribution in [0.25, 0.3) is 0 Å². The van der Waals surface area contributed by atoms with Crippen molar-refractivity contribution in [1.82, 2.24) is 9.88 Å². The van der Waals surface area contributed by atoms with Crippen LogP contribution in [-0.4, -0.2) is 40.3 Å². The third kappa shape index (κ3) is 5.48. The molecule has 31 heavy (non-hydrogen) atoms. The molecule has 7 nitrogen and oxygen atoms in total. The van der Waals surface area contributed by atoms with Crippen LogP contribution < -0.4 is 9.64 Å². The molecule has 3 rings (SSSR count). The molecule has 3 amide bonds. The van der Waals surface area contributed by atoms with Gasteiger partial charge in [0.05, 0.1) is 18.7 Å². The number of pyridine rings is 1. The maximum absolute atomic E-state index is 13.3. The van der Waals surface area contributed by atoms with Crippen LogP contribution in [0.3, 0.4) is 0 Å². The number of ether oxygens (including phenoxy) is 1. The van der Waals surface area contributed by atoms with Gasteiger partial charge in [0.15, 0.2) is 0 Å². The second-order valence-corrected chi connectivity index (χ2v) is 8.83. The summed E-state index contributed by atoms with van der Waals surface area (Å²) in [5.41, 5.74) is 1.04. The van der Waals surface area contributed by atoms with E-state index < -0.39 is 6.04 Å². The summed E-state index contributed by atoms with van der Waals surface area (Å²) in [4.78, 5) is 46.1. The lowest BCUT2D eigenvalue weighted by Gasteiger charge is -2.30. The Balaban J connectivity index is 1.87. The first kappa shape index (κ1) is 22.5. The van der Waals surface area contributed by atoms with E-state index >= 15 is 0 Å². The summed E-state index contributed by atoms with van der Waals surface area (Å²) < 4.78 is 5.43. The first-order chi connectivity index (χ1) is 14.7. The molecule has 7 heteroatoms. The molecule has 1 atom stereocenters. The Morgan fingerprint density at radius 2 is 1.90 bits per heavy atom. The third-order valence-electron chi connectivity index (χ3n) is 4.98. The van der Waals surface area contributed by atoms with E-state index in [9.17, 15) is 14.4 Å². The van der Waals surface area contributed by atoms with Gasteiger partial charge in [0.2, 0.25) is 11.8 Å². The molecule has 1 fully saturated rings. The number of hydrogen-bond acceptors (Lipinski definition) is 5. The molecule has 1 aliphatic rings. The van der Waals surface area contributed by atoms with Crippen molar-refractivity contribution in [2.24, 2.45) is 5.41 Å². The molecule has 2 heterocycles. The van der Waals surface area contributed by atoms with Crippen LogP contribution in [0.2, 0.25) is 0 Å². The van der Waals surface area contributed by atoms with Gasteiger partial charge in [0.1, 0.15) is 11.8 Å². The Labute approximate surface area is 183 Å². The van der Waals surface area contributed by atoms with E-state index in [-0.39, 0.29) is 42.5 Å². The number of carbonyl (C=O) groups is 3. The van der Waals surface area contributed by atoms with Gasteiger partial charge in [-0.05, 0) is 48.2 Å². The fraction of sp³-hybridized carbons (Fsp3) is 0.417. The molecule has 0 aliphatic carbocycles. The fourth-order valence-corrected chi connectivity index (χ4v) is 3.60. The van der Waals surface area contributed by atoms with Gasteiger partial charge in [-0.15, -0.1) is 0 Å². The van der Waals surface area contributed by atoms with E-state index in [1.807, 2.05) is 33.8 Å². The molecule has 0 radical (unpaired) electrons. The number of benzene rings is 1. The number of imide groups is 1. The monoisotopic (exact) mass is 423 g/mol. The Hall–Kier alpha value is -3.22. The van der Waals surface area contributed by atoms with Crippen molar-refractivity contribution >= 4 is 23.4 Å². The van der Waals surface area contributed by atoms with Gasteiger partial charge < -0.3 is 9.64 Å². The van der Waals surface area contributed by atoms with Crippen molar-refractivity contribution in [2.75, 3.05) is 11.5 Å². The summed E-state index contributed by atoms with van der Waals surface area (Å²) in [6, 6.07) is 9.63. The van der Waals surface area contributed by atoms with Crippen molar-refractivity contribution in [3.05, 3.63) is 54.4 Å². The Kier molecular flexibility index (Phi) is 6.73. The maximum atomic E-state index is 13.3. The minimum Gasteiger partial charge on any atom is -0.494 e. The van der Waals surface area contributed by atoms with Crippen molar-refractivity contribution in [3.8, 4) is 5.75 Å². The SMILES string of the molecule is CCOc1ccc(N2C(=O)CC(N(Cc3cccnc3)C(=O)CC(C)(C)C)C2=O)cc1. The second kappa shape index (κ2) is 9.29. The van der Waals surface area contributed by atoms with Gasteiger partial charge in [-0.3, -0.25) is 19.4 Å². The average molecular weight is 424 g/mol. The number of carbonyl (C=O) groups excluding carboxylic acids is 3. The first-order valence-electron chi connectivity index (χ1n) is 10.5. The zero-order chi connectivity index (χ0) is 22.6. The van der Waals surface area contributed by atoms with Crippen molar-refractivity contribution < 1.29 is 19.1 Å². The van der Waals surface area contributed by atoms with E-state index in [1.165, 1.54) is 9.80 Å². The minimum atomic E-state index is -0.839. The predicted octanol–water partition coefficient (Wildman–Crippen LogP) is 3.58. The molecular formula is C24H29N3O4. The summed E-state index contributed by atoms with van der Waals surface area (Å²) in [5, 5.41) is 0. The van der Waals surface area contributed by atoms with E-state index in [0.29, 0.717) is 18.0 Å². The van der Waals surface area contributed by atoms with Gasteiger partial charge in [-0.2, -0.15) is 0 Å². The van der Waals surface area contributed by atoms with Crippen LogP contribution in [0.4, 0.5) is 5.69 Å². The van der Waals surface area contributed by atoms with E-state index in [1.54, 1.807) is 42.7 Å². The minimum absolute atomic E-state index is 0.0395. The highest BCUT2D eigenvalue weighted by atomic mass is 16.5. The van der Waals surface area contributed by atoms with Crippen LogP contribution in [-0.2, 0) is 20.9 Å². The number of nitrogens with zero attached hydrogens (tertiary/aromatic N) is 3. The average Bonchev–Trinajstić information content (AvgIpc) is 3.00. The van der Waals surface area contributed by atoms with Crippen LogP contribution in [0, 0.1) is 5.41 Å². The van der Waals surface area contributed by atoms with Gasteiger partial charge >= 0.3 is 0 Å². The zero-order valence-corrected chi connectivity index (χ0v) is 18.5. The third-order valence-corrected chi connectivity index (χ3v) is 4.98. The molecule has 1 aromatic carbocycles. The highest BCUT2D eigenvalue weighted by Gasteiger charge is 2.44. The maximum Gasteiger partial charge on any atom is 0.257 e. The topological polar surface area (TPSA) is 79.8 Å². The summed E-state index contributed by atoms with van der Waals surface area (Å²) >= 11 is 0. The summed E-state index contributed by atoms with van der Waals surface area (Å²) in [5.74, 6) is -0.198. The molecule has 0 N–H and O–H groups in total. The van der Waals surface area contributed by atoms with E-state index in [4.69, 9.17) is 4.74 Å². The molecule has 1 aromatic heterocycles. The molecule has 0 bridgehead atoms. The normalized spacial score (nSPS) is 16.5. The standard InChI is InChI=1S/C24H29N3O4/c1-5-31-19-10-8-18(9-11-19)27-21(28)13-20(23(27)30)26(22(29)14-24(2,3)4)16-17-7-6-12-25-15-17/h6-12,15,20H,5,13-14,16H2,1-4H3. The lowest BCUT2D eigenvalue weighted by atomic mass is 9.91. The smallest absolute Gasteiger partial charge is 0.257 e. The summed E-state index contributed by atoms with van der Waals surface area (Å²) in [6.07, 6.45) is 3.56. The molecular weight excluding hydrogens is 394 g/mol. The molecule has 164 valence electrons. The quantitative estimate of drug-likeness (QED) is 0.636. The lowest BCUT2D eigenvalue weighted by molar-refractivity contribution is -0.140. The Morgan fingerprint density at radius 3 is 2.48 bits per heavy atom. The van der Waals surface area contributed by atoms with Gasteiger partial charge in [0.25, 0.3) is 5.91 Å². The van der Waals surface area contributed by atoms with Crippen molar-refractivity contribution in [1.29, 1.82) is 0 Å². The van der Waals surface area contributed by atoms with E-state index in [0.717, 1.165) is 5.56 Å². The summed E-state index contributed by atoms with van der Waals surface area (Å²) in [6.45, 7) is 8.56. The lowest BCUT2D eigenvalue weighted by Crippen LogP contribution is -2.46. The van der Waals surface area contributed by atoms with Crippen molar-refractivity contribution in [2.45, 2.75) is 53.1 Å². The van der Waals surface area contributed by atoms with Crippen LogP contribution in [0.1, 0.15) is 46.1 Å². The highest BCUT2D eigenvalue weighted by molar-refractivity contribution is 6.23. The summed E-state index contributed by atoms with van der Waals surface area (Å²) in [7, 11) is 0. The number of amides is 3. The van der Waals surface area contributed by atoms with Gasteiger partial charge in [0, 0.05) is 25.4 Å². The molecule has 1 aliphatic heterocycles. The van der Waals surface area contributed by atoms with Crippen LogP contribution in [0.5, 0.6) is 5.75 Å². The zero-order valence-electron chi connectivity index (χ0n) is 18.5. The molecule has 1 unspecified atom stereocenters. The van der Waals surface area contributed by atoms with Crippen LogP contribution in [0.15, 0.2) is 48.8 Å². The molecule has 2 aromatic rings. The highest BCUT2D eigenvalue weighted by Crippen LogP contribution is 2.30. The van der Waals surface area contributed by atoms with Gasteiger partial charge in [-0.1, -0.05) is 26.8 Å². The van der Waals surface area contributed by atoms with E-state index in [2.05, 4.69) is 4.98 Å². The fourth-order valence-electron chi connectivity index (χ4n) is 3.60. The molecule has 0 spiro atoms. The number of aromatic nitrogens is 1. The van der Waals surface area contributed by atoms with Crippen LogP contribution >= 0.6 is 0 Å². The number of rotatable bonds is 7. The van der Waals surface area contributed by atoms with Gasteiger partial charge in [-0.25, -0.2) is 4.90 Å². The Morgan fingerprint density at radius 1 is 1.19 bits per heavy atom. The molecule has 0 saturated carbocycles.